The molecule has 5 rings (SSSR count). The molecule has 2 bridgehead atoms. The zero-order valence-corrected chi connectivity index (χ0v) is 23.8. The molecule has 13 heteroatoms. The largest absolute Gasteiger partial charge is 0.494 e. The zero-order chi connectivity index (χ0) is 29.3. The van der Waals surface area contributed by atoms with Gasteiger partial charge < -0.3 is 35.4 Å². The number of aliphatic carboxylic acids is 1. The fourth-order valence-corrected chi connectivity index (χ4v) is 6.30. The van der Waals surface area contributed by atoms with E-state index in [1.807, 2.05) is 19.1 Å². The fourth-order valence-electron chi connectivity index (χ4n) is 6.15. The maximum absolute atomic E-state index is 13.3. The Bertz CT molecular complexity index is 1390. The lowest BCUT2D eigenvalue weighted by Crippen LogP contribution is -2.48. The van der Waals surface area contributed by atoms with E-state index in [0.717, 1.165) is 12.0 Å². The number of hydrogen-bond donors (Lipinski definition) is 4. The highest BCUT2D eigenvalue weighted by atomic mass is 35.5. The first-order chi connectivity index (χ1) is 19.7. The Morgan fingerprint density at radius 1 is 1.22 bits per heavy atom. The first-order valence-electron chi connectivity index (χ1n) is 13.5. The molecule has 0 radical (unpaired) electrons. The minimum Gasteiger partial charge on any atom is -0.494 e. The van der Waals surface area contributed by atoms with Crippen molar-refractivity contribution in [2.24, 2.45) is 17.8 Å². The molecule has 1 aliphatic heterocycles. The van der Waals surface area contributed by atoms with Crippen LogP contribution in [0.3, 0.4) is 0 Å². The van der Waals surface area contributed by atoms with Gasteiger partial charge in [0, 0.05) is 25.3 Å². The molecule has 1 aromatic carbocycles. The highest BCUT2D eigenvalue weighted by Gasteiger charge is 2.48. The lowest BCUT2D eigenvalue weighted by molar-refractivity contribution is -0.142. The van der Waals surface area contributed by atoms with Crippen molar-refractivity contribution in [1.29, 1.82) is 0 Å². The maximum atomic E-state index is 13.3. The molecule has 1 aromatic heterocycles. The standard InChI is InChI=1S/C28H33ClN6O6/c1-4-35-20-10-9-18(24(41-3)16(20)7-8-19(26(35)37)31-21(36)13-40-2)32-28-30-12-17(29)25(34-28)33-23-15-6-5-14(11-15)22(23)27(38)39/h5-6,9-10,12,14-15,19,22-23H,4,7-8,11,13H2,1-3H3,(H,31,36)(H,38,39)(H2,30,32,33,34)/t14-,15+,19+,22+,23-/m1/s1. The van der Waals surface area contributed by atoms with Crippen molar-refractivity contribution in [3.05, 3.63) is 41.1 Å². The zero-order valence-electron chi connectivity index (χ0n) is 23.0. The van der Waals surface area contributed by atoms with Crippen LogP contribution in [0.25, 0.3) is 0 Å². The quantitative estimate of drug-likeness (QED) is 0.306. The molecule has 2 amide bonds. The van der Waals surface area contributed by atoms with Crippen molar-refractivity contribution in [2.75, 3.05) is 42.9 Å². The molecular weight excluding hydrogens is 552 g/mol. The third-order valence-corrected chi connectivity index (χ3v) is 8.22. The molecule has 5 atom stereocenters. The lowest BCUT2D eigenvalue weighted by atomic mass is 9.89. The first-order valence-corrected chi connectivity index (χ1v) is 13.9. The number of anilines is 4. The van der Waals surface area contributed by atoms with Gasteiger partial charge in [-0.3, -0.25) is 14.4 Å². The van der Waals surface area contributed by atoms with Crippen LogP contribution < -0.4 is 25.6 Å². The number of carboxylic acids is 1. The number of benzene rings is 1. The van der Waals surface area contributed by atoms with Crippen molar-refractivity contribution >= 4 is 52.5 Å². The predicted octanol–water partition coefficient (Wildman–Crippen LogP) is 3.00. The highest BCUT2D eigenvalue weighted by molar-refractivity contribution is 6.32. The number of ether oxygens (including phenoxy) is 2. The molecule has 1 saturated carbocycles. The number of fused-ring (bicyclic) bond motifs is 3. The maximum Gasteiger partial charge on any atom is 0.309 e. The third-order valence-electron chi connectivity index (χ3n) is 7.94. The van der Waals surface area contributed by atoms with Gasteiger partial charge in [0.05, 0.1) is 30.6 Å². The van der Waals surface area contributed by atoms with Gasteiger partial charge in [-0.25, -0.2) is 4.98 Å². The monoisotopic (exact) mass is 584 g/mol. The molecule has 4 N–H and O–H groups in total. The van der Waals surface area contributed by atoms with Crippen LogP contribution in [0, 0.1) is 17.8 Å². The fraction of sp³-hybridized carbons (Fsp3) is 0.464. The topological polar surface area (TPSA) is 155 Å². The number of allylic oxidation sites excluding steroid dienone is 1. The second-order valence-corrected chi connectivity index (χ2v) is 10.7. The molecule has 2 heterocycles. The summed E-state index contributed by atoms with van der Waals surface area (Å²) < 4.78 is 10.7. The molecule has 2 aromatic rings. The number of aromatic nitrogens is 2. The summed E-state index contributed by atoms with van der Waals surface area (Å²) in [6, 6.07) is 2.58. The van der Waals surface area contributed by atoms with E-state index in [-0.39, 0.29) is 47.3 Å². The summed E-state index contributed by atoms with van der Waals surface area (Å²) in [6.45, 7) is 2.15. The van der Waals surface area contributed by atoms with Crippen molar-refractivity contribution in [3.8, 4) is 5.75 Å². The molecule has 218 valence electrons. The van der Waals surface area contributed by atoms with Gasteiger partial charge in [-0.15, -0.1) is 0 Å². The molecular formula is C28H33ClN6O6. The van der Waals surface area contributed by atoms with Crippen LogP contribution in [0.2, 0.25) is 5.02 Å². The van der Waals surface area contributed by atoms with E-state index in [1.165, 1.54) is 13.3 Å². The van der Waals surface area contributed by atoms with Crippen molar-refractivity contribution in [1.82, 2.24) is 15.3 Å². The number of methoxy groups -OCH3 is 2. The van der Waals surface area contributed by atoms with Gasteiger partial charge in [0.2, 0.25) is 17.8 Å². The number of nitrogens with one attached hydrogen (secondary N) is 3. The Balaban J connectivity index is 1.40. The van der Waals surface area contributed by atoms with Crippen LogP contribution in [0.4, 0.5) is 23.1 Å². The van der Waals surface area contributed by atoms with E-state index in [0.29, 0.717) is 42.3 Å². The Morgan fingerprint density at radius 3 is 2.71 bits per heavy atom. The second-order valence-electron chi connectivity index (χ2n) is 10.3. The number of likely N-dealkylation sites (N-methyl/N-ethyl adjacent to an activating group) is 1. The average Bonchev–Trinajstić information content (AvgIpc) is 3.52. The van der Waals surface area contributed by atoms with E-state index in [2.05, 4.69) is 32.0 Å². The Kier molecular flexibility index (Phi) is 8.32. The second kappa shape index (κ2) is 11.9. The SMILES string of the molecule is CCN1C(=O)[C@@H](NC(=O)COC)CCc2c1ccc(Nc1ncc(Cl)c(N[C@H]3[C@@H](C(=O)O)[C@@H]4C=C[C@H]3C4)n1)c2OC. The van der Waals surface area contributed by atoms with Crippen molar-refractivity contribution in [3.63, 3.8) is 0 Å². The van der Waals surface area contributed by atoms with Crippen molar-refractivity contribution in [2.45, 2.75) is 38.3 Å². The molecule has 0 saturated heterocycles. The van der Waals surface area contributed by atoms with Gasteiger partial charge in [-0.2, -0.15) is 4.98 Å². The van der Waals surface area contributed by atoms with Gasteiger partial charge >= 0.3 is 5.97 Å². The van der Waals surface area contributed by atoms with Crippen LogP contribution in [0.5, 0.6) is 5.75 Å². The van der Waals surface area contributed by atoms with E-state index in [9.17, 15) is 19.5 Å². The molecule has 0 spiro atoms. The Hall–Kier alpha value is -3.90. The van der Waals surface area contributed by atoms with Gasteiger partial charge in [-0.1, -0.05) is 23.8 Å². The van der Waals surface area contributed by atoms with Gasteiger partial charge in [-0.05, 0) is 50.2 Å². The summed E-state index contributed by atoms with van der Waals surface area (Å²) in [5, 5.41) is 19.3. The summed E-state index contributed by atoms with van der Waals surface area (Å²) >= 11 is 6.41. The molecule has 3 aliphatic rings. The number of amides is 2. The Morgan fingerprint density at radius 2 is 2.00 bits per heavy atom. The average molecular weight is 585 g/mol. The number of rotatable bonds is 10. The highest BCUT2D eigenvalue weighted by Crippen LogP contribution is 2.46. The number of hydrogen-bond acceptors (Lipinski definition) is 9. The van der Waals surface area contributed by atoms with Crippen LogP contribution in [-0.4, -0.2) is 72.3 Å². The number of carbonyl (C=O) groups is 3. The molecule has 12 nitrogen and oxygen atoms in total. The first kappa shape index (κ1) is 28.6. The van der Waals surface area contributed by atoms with Crippen LogP contribution >= 0.6 is 11.6 Å². The predicted molar refractivity (Wildman–Crippen MR) is 153 cm³/mol. The lowest BCUT2D eigenvalue weighted by Gasteiger charge is -2.27. The number of halogens is 1. The summed E-state index contributed by atoms with van der Waals surface area (Å²) in [5.74, 6) is -0.806. The molecule has 41 heavy (non-hydrogen) atoms. The Labute approximate surface area is 242 Å². The van der Waals surface area contributed by atoms with E-state index >= 15 is 0 Å². The van der Waals surface area contributed by atoms with E-state index < -0.39 is 17.9 Å². The van der Waals surface area contributed by atoms with Gasteiger partial charge in [0.1, 0.15) is 23.4 Å². The summed E-state index contributed by atoms with van der Waals surface area (Å²) in [6.07, 6.45) is 7.11. The van der Waals surface area contributed by atoms with Gasteiger partial charge in [0.15, 0.2) is 5.82 Å². The minimum atomic E-state index is -0.849. The molecule has 1 fully saturated rings. The smallest absolute Gasteiger partial charge is 0.309 e. The van der Waals surface area contributed by atoms with Crippen LogP contribution in [0.1, 0.15) is 25.3 Å². The van der Waals surface area contributed by atoms with Crippen molar-refractivity contribution < 1.29 is 29.0 Å². The number of carboxylic acid groups (broad SMARTS) is 1. The summed E-state index contributed by atoms with van der Waals surface area (Å²) in [5.41, 5.74) is 2.09. The number of nitrogens with zero attached hydrogens (tertiary/aromatic N) is 3. The summed E-state index contributed by atoms with van der Waals surface area (Å²) in [4.78, 5) is 47.9. The van der Waals surface area contributed by atoms with Gasteiger partial charge in [0.25, 0.3) is 0 Å². The van der Waals surface area contributed by atoms with Crippen LogP contribution in [-0.2, 0) is 25.5 Å². The van der Waals surface area contributed by atoms with Crippen LogP contribution in [0.15, 0.2) is 30.5 Å². The number of carbonyl (C=O) groups excluding carboxylic acids is 2. The summed E-state index contributed by atoms with van der Waals surface area (Å²) in [7, 11) is 2.97. The van der Waals surface area contributed by atoms with E-state index in [4.69, 9.17) is 21.1 Å². The minimum absolute atomic E-state index is 0.0143. The normalized spacial score (nSPS) is 24.5. The van der Waals surface area contributed by atoms with E-state index in [1.54, 1.807) is 18.1 Å². The molecule has 2 aliphatic carbocycles. The molecule has 0 unspecified atom stereocenters. The third kappa shape index (κ3) is 5.53.